The standard InChI is InChI=1S/C9H12O7/c1-8(2)15-4-3-5(14-6(4)16-8)9(11,12)7(10)13-3/h3-6,11-12H,1-2H3. The molecule has 3 rings (SSSR count). The second-order valence-electron chi connectivity index (χ2n) is 4.62. The number of hydrogen-bond donors (Lipinski definition) is 2. The molecule has 4 unspecified atom stereocenters. The highest BCUT2D eigenvalue weighted by Gasteiger charge is 2.68. The summed E-state index contributed by atoms with van der Waals surface area (Å²) < 4.78 is 20.9. The molecule has 90 valence electrons. The maximum atomic E-state index is 11.2. The monoisotopic (exact) mass is 232 g/mol. The first-order valence-corrected chi connectivity index (χ1v) is 4.98. The van der Waals surface area contributed by atoms with Crippen LogP contribution in [-0.4, -0.2) is 52.4 Å². The summed E-state index contributed by atoms with van der Waals surface area (Å²) in [5.74, 6) is -4.57. The van der Waals surface area contributed by atoms with Crippen molar-refractivity contribution in [1.29, 1.82) is 0 Å². The zero-order chi connectivity index (χ0) is 11.7. The van der Waals surface area contributed by atoms with E-state index in [0.29, 0.717) is 0 Å². The van der Waals surface area contributed by atoms with Crippen LogP contribution in [0.4, 0.5) is 0 Å². The van der Waals surface area contributed by atoms with Gasteiger partial charge in [0.05, 0.1) is 0 Å². The predicted octanol–water partition coefficient (Wildman–Crippen LogP) is -1.53. The average molecular weight is 232 g/mol. The van der Waals surface area contributed by atoms with Crippen molar-refractivity contribution in [3.05, 3.63) is 0 Å². The smallest absolute Gasteiger partial charge is 0.370 e. The summed E-state index contributed by atoms with van der Waals surface area (Å²) in [6.07, 6.45) is -3.36. The van der Waals surface area contributed by atoms with Gasteiger partial charge in [-0.05, 0) is 13.8 Å². The molecule has 2 N–H and O–H groups in total. The third-order valence-electron chi connectivity index (χ3n) is 2.93. The van der Waals surface area contributed by atoms with E-state index in [1.54, 1.807) is 13.8 Å². The minimum absolute atomic E-state index is 0.620. The Morgan fingerprint density at radius 3 is 2.56 bits per heavy atom. The number of hydrogen-bond acceptors (Lipinski definition) is 7. The number of ether oxygens (including phenoxy) is 4. The molecule has 3 aliphatic rings. The van der Waals surface area contributed by atoms with Crippen molar-refractivity contribution in [1.82, 2.24) is 0 Å². The number of aliphatic hydroxyl groups is 2. The van der Waals surface area contributed by atoms with Crippen molar-refractivity contribution in [2.24, 2.45) is 0 Å². The highest BCUT2D eigenvalue weighted by molar-refractivity contribution is 5.81. The van der Waals surface area contributed by atoms with Crippen LogP contribution in [0.25, 0.3) is 0 Å². The van der Waals surface area contributed by atoms with Crippen molar-refractivity contribution >= 4 is 5.97 Å². The molecular weight excluding hydrogens is 220 g/mol. The van der Waals surface area contributed by atoms with E-state index >= 15 is 0 Å². The molecular formula is C9H12O7. The van der Waals surface area contributed by atoms with Gasteiger partial charge in [0.15, 0.2) is 30.4 Å². The Hall–Kier alpha value is -0.730. The third kappa shape index (κ3) is 1.17. The number of fused-ring (bicyclic) bond motifs is 3. The fraction of sp³-hybridized carbons (Fsp3) is 0.889. The molecule has 0 aromatic heterocycles. The van der Waals surface area contributed by atoms with Crippen molar-refractivity contribution in [3.63, 3.8) is 0 Å². The minimum Gasteiger partial charge on any atom is -0.452 e. The first-order valence-electron chi connectivity index (χ1n) is 4.98. The van der Waals surface area contributed by atoms with Crippen LogP contribution in [0, 0.1) is 0 Å². The van der Waals surface area contributed by atoms with E-state index in [9.17, 15) is 15.0 Å². The summed E-state index contributed by atoms with van der Waals surface area (Å²) in [6, 6.07) is 0. The first kappa shape index (κ1) is 10.4. The Morgan fingerprint density at radius 1 is 1.19 bits per heavy atom. The van der Waals surface area contributed by atoms with E-state index in [-0.39, 0.29) is 0 Å². The highest BCUT2D eigenvalue weighted by Crippen LogP contribution is 2.44. The number of rotatable bonds is 0. The Kier molecular flexibility index (Phi) is 1.79. The lowest BCUT2D eigenvalue weighted by atomic mass is 10.1. The zero-order valence-electron chi connectivity index (χ0n) is 8.75. The Morgan fingerprint density at radius 2 is 1.88 bits per heavy atom. The number of esters is 1. The summed E-state index contributed by atoms with van der Waals surface area (Å²) in [7, 11) is 0. The summed E-state index contributed by atoms with van der Waals surface area (Å²) in [6.45, 7) is 3.40. The van der Waals surface area contributed by atoms with Crippen LogP contribution in [-0.2, 0) is 23.7 Å². The SMILES string of the molecule is CC1(C)OC2OC3C(OC(=O)C3(O)O)C2O1. The molecule has 3 aliphatic heterocycles. The predicted molar refractivity (Wildman–Crippen MR) is 45.7 cm³/mol. The molecule has 0 aromatic rings. The molecule has 4 atom stereocenters. The maximum Gasteiger partial charge on any atom is 0.370 e. The molecule has 3 saturated heterocycles. The van der Waals surface area contributed by atoms with Gasteiger partial charge in [0.1, 0.15) is 0 Å². The topological polar surface area (TPSA) is 94.5 Å². The second-order valence-corrected chi connectivity index (χ2v) is 4.62. The van der Waals surface area contributed by atoms with E-state index in [1.165, 1.54) is 0 Å². The van der Waals surface area contributed by atoms with Gasteiger partial charge in [0.2, 0.25) is 0 Å². The van der Waals surface area contributed by atoms with Gasteiger partial charge in [-0.25, -0.2) is 4.79 Å². The molecule has 7 heteroatoms. The molecule has 3 fully saturated rings. The summed E-state index contributed by atoms with van der Waals surface area (Å²) in [5, 5.41) is 18.9. The van der Waals surface area contributed by atoms with E-state index in [2.05, 4.69) is 0 Å². The lowest BCUT2D eigenvalue weighted by Crippen LogP contribution is -2.46. The van der Waals surface area contributed by atoms with Crippen LogP contribution in [0.2, 0.25) is 0 Å². The summed E-state index contributed by atoms with van der Waals surface area (Å²) in [5.41, 5.74) is 0. The molecule has 16 heavy (non-hydrogen) atoms. The fourth-order valence-electron chi connectivity index (χ4n) is 2.26. The lowest BCUT2D eigenvalue weighted by Gasteiger charge is -2.22. The first-order chi connectivity index (χ1) is 7.31. The van der Waals surface area contributed by atoms with Gasteiger partial charge >= 0.3 is 5.97 Å². The van der Waals surface area contributed by atoms with Crippen molar-refractivity contribution in [2.45, 2.75) is 50.0 Å². The third-order valence-corrected chi connectivity index (χ3v) is 2.93. The van der Waals surface area contributed by atoms with E-state index < -0.39 is 42.1 Å². The van der Waals surface area contributed by atoms with Gasteiger partial charge < -0.3 is 29.2 Å². The Balaban J connectivity index is 1.87. The van der Waals surface area contributed by atoms with Crippen LogP contribution in [0.15, 0.2) is 0 Å². The van der Waals surface area contributed by atoms with Gasteiger partial charge in [0.25, 0.3) is 5.79 Å². The maximum absolute atomic E-state index is 11.2. The molecule has 0 radical (unpaired) electrons. The van der Waals surface area contributed by atoms with Crippen molar-refractivity contribution < 1.29 is 34.0 Å². The second kappa shape index (κ2) is 2.74. The van der Waals surface area contributed by atoms with Crippen LogP contribution < -0.4 is 0 Å². The van der Waals surface area contributed by atoms with Crippen LogP contribution in [0.3, 0.4) is 0 Å². The van der Waals surface area contributed by atoms with Crippen molar-refractivity contribution in [2.75, 3.05) is 0 Å². The van der Waals surface area contributed by atoms with Crippen molar-refractivity contribution in [3.8, 4) is 0 Å². The molecule has 0 aromatic carbocycles. The van der Waals surface area contributed by atoms with Gasteiger partial charge in [0, 0.05) is 0 Å². The molecule has 0 amide bonds. The highest BCUT2D eigenvalue weighted by atomic mass is 16.9. The molecule has 3 heterocycles. The van der Waals surface area contributed by atoms with Gasteiger partial charge in [-0.2, -0.15) is 0 Å². The van der Waals surface area contributed by atoms with Crippen LogP contribution in [0.5, 0.6) is 0 Å². The Bertz CT molecular complexity index is 350. The van der Waals surface area contributed by atoms with Gasteiger partial charge in [-0.15, -0.1) is 0 Å². The average Bonchev–Trinajstić information content (AvgIpc) is 2.65. The largest absolute Gasteiger partial charge is 0.452 e. The quantitative estimate of drug-likeness (QED) is 0.386. The lowest BCUT2D eigenvalue weighted by molar-refractivity contribution is -0.256. The molecule has 0 saturated carbocycles. The number of carbonyl (C=O) groups excluding carboxylic acids is 1. The summed E-state index contributed by atoms with van der Waals surface area (Å²) >= 11 is 0. The van der Waals surface area contributed by atoms with E-state index in [0.717, 1.165) is 0 Å². The van der Waals surface area contributed by atoms with E-state index in [1.807, 2.05) is 0 Å². The molecule has 0 aliphatic carbocycles. The Labute approximate surface area is 90.8 Å². The fourth-order valence-corrected chi connectivity index (χ4v) is 2.26. The van der Waals surface area contributed by atoms with Crippen LogP contribution in [0.1, 0.15) is 13.8 Å². The normalized spacial score (nSPS) is 47.6. The molecule has 0 spiro atoms. The zero-order valence-corrected chi connectivity index (χ0v) is 8.75. The molecule has 7 nitrogen and oxygen atoms in total. The van der Waals surface area contributed by atoms with Gasteiger partial charge in [-0.1, -0.05) is 0 Å². The summed E-state index contributed by atoms with van der Waals surface area (Å²) in [4.78, 5) is 11.2. The molecule has 0 bridgehead atoms. The van der Waals surface area contributed by atoms with E-state index in [4.69, 9.17) is 18.9 Å². The van der Waals surface area contributed by atoms with Crippen LogP contribution >= 0.6 is 0 Å². The minimum atomic E-state index is -2.62. The van der Waals surface area contributed by atoms with Gasteiger partial charge in [-0.3, -0.25) is 0 Å². The number of carbonyl (C=O) groups is 1.